The van der Waals surface area contributed by atoms with E-state index in [4.69, 9.17) is 14.8 Å². The summed E-state index contributed by atoms with van der Waals surface area (Å²) < 4.78 is 6.17. The van der Waals surface area contributed by atoms with E-state index in [1.165, 1.54) is 49.7 Å². The van der Waals surface area contributed by atoms with E-state index in [9.17, 15) is 19.5 Å². The monoisotopic (exact) mass is 1400 g/mol. The zero-order valence-corrected chi connectivity index (χ0v) is 62.7. The maximum atomic E-state index is 15.8. The average molecular weight is 1400 g/mol. The molecule has 102 heavy (non-hydrogen) atoms. The third-order valence-corrected chi connectivity index (χ3v) is 20.7. The predicted molar refractivity (Wildman–Crippen MR) is 400 cm³/mol. The largest absolute Gasteiger partial charge is 0.488 e. The molecule has 20 heteroatoms. The van der Waals surface area contributed by atoms with Gasteiger partial charge in [0.2, 0.25) is 29.5 Å². The lowest BCUT2D eigenvalue weighted by Crippen LogP contribution is -2.61. The molecule has 0 aliphatic carbocycles. The molecule has 0 spiro atoms. The molecule has 6 aromatic carbocycles. The van der Waals surface area contributed by atoms with Crippen LogP contribution < -0.4 is 10.8 Å². The van der Waals surface area contributed by atoms with Crippen LogP contribution in [-0.2, 0) is 60.7 Å². The lowest BCUT2D eigenvalue weighted by molar-refractivity contribution is -0.178. The average Bonchev–Trinajstić information content (AvgIpc) is 1.04. The van der Waals surface area contributed by atoms with Crippen molar-refractivity contribution in [3.63, 3.8) is 0 Å². The number of likely N-dealkylation sites (N-methyl/N-ethyl adjacent to an activating group) is 4. The number of Topliss-reactive ketones (excluding diaryl/α,β-unsaturated/α-hetero) is 2. The maximum Gasteiger partial charge on any atom is 0.488 e. The predicted octanol–water partition coefficient (Wildman–Crippen LogP) is 9.89. The molecule has 0 radical (unpaired) electrons. The summed E-state index contributed by atoms with van der Waals surface area (Å²) in [6.07, 6.45) is -0.223. The number of carbonyl (C=O) groups excluding carboxylic acids is 9. The van der Waals surface area contributed by atoms with Crippen LogP contribution in [0.1, 0.15) is 139 Å². The summed E-state index contributed by atoms with van der Waals surface area (Å²) in [7, 11) is 4.48. The molecule has 0 bridgehead atoms. The van der Waals surface area contributed by atoms with E-state index < -0.39 is 132 Å². The number of hydrogen-bond acceptors (Lipinski definition) is 13. The Morgan fingerprint density at radius 2 is 1.11 bits per heavy atom. The normalized spacial score (nSPS) is 23.2. The third kappa shape index (κ3) is 20.0. The standard InChI is InChI=1S/C72H100N6O11.C10H9BO2/c1-17-46(9)55-42-59(79)57-32-25-35-78(57)69(85)58(39-49-28-24-31-51(37-49)53-34-33-50-29-22-23-30-52(50)40-53)74(13)68(84)56(38-48-26-20-19-21-27-48)73-65(81)62(45(7)8)76(15)70(86)63(47(10)18-2)89-71(87)64(72(11,12)88)77(16)66(82)54(36-43(3)4)41-60(80)61(44(5)6)75(14)67(55)83;12-11(13)10-6-5-8-3-1-2-4-9(8)7-10/h19-24,26-31,33-34,37,40,43-47,54-58,61-64,88H,17-18,25,32,35-36,38-39,41-42H2,1-16H3,(H,73,81);1-7,12-13H/t46?,47?,54-,55+,56+,57?,58?,61+,62+,63-,64-;/m1./s1. The Bertz CT molecular complexity index is 3910. The molecule has 6 amide bonds. The molecule has 4 unspecified atom stereocenters. The van der Waals surface area contributed by atoms with Crippen LogP contribution in [0.5, 0.6) is 0 Å². The fourth-order valence-corrected chi connectivity index (χ4v) is 14.7. The van der Waals surface area contributed by atoms with Crippen molar-refractivity contribution in [3.05, 3.63) is 151 Å². The summed E-state index contributed by atoms with van der Waals surface area (Å²) in [6, 6.07) is 36.9. The minimum Gasteiger partial charge on any atom is -0.450 e. The molecule has 2 fully saturated rings. The van der Waals surface area contributed by atoms with Crippen LogP contribution in [0, 0.1) is 41.4 Å². The van der Waals surface area contributed by atoms with E-state index in [0.717, 1.165) is 43.1 Å². The fourth-order valence-electron chi connectivity index (χ4n) is 14.7. The van der Waals surface area contributed by atoms with Gasteiger partial charge in [-0.1, -0.05) is 209 Å². The Morgan fingerprint density at radius 3 is 1.69 bits per heavy atom. The van der Waals surface area contributed by atoms with Gasteiger partial charge in [-0.05, 0) is 119 Å². The number of fused-ring (bicyclic) bond motifs is 3. The van der Waals surface area contributed by atoms with Gasteiger partial charge in [-0.25, -0.2) is 4.79 Å². The first kappa shape index (κ1) is 80.7. The number of aliphatic hydroxyl groups is 1. The Hall–Kier alpha value is -8.59. The zero-order valence-electron chi connectivity index (χ0n) is 62.7. The number of esters is 1. The molecule has 11 atom stereocenters. The number of rotatable bonds is 15. The number of nitrogens with zero attached hydrogens (tertiary/aromatic N) is 5. The highest BCUT2D eigenvalue weighted by Gasteiger charge is 2.48. The van der Waals surface area contributed by atoms with Crippen molar-refractivity contribution in [1.29, 1.82) is 0 Å². The number of ketones is 2. The van der Waals surface area contributed by atoms with Crippen LogP contribution in [0.4, 0.5) is 0 Å². The van der Waals surface area contributed by atoms with Crippen LogP contribution >= 0.6 is 0 Å². The molecule has 6 aromatic rings. The van der Waals surface area contributed by atoms with E-state index in [-0.39, 0.29) is 56.3 Å². The van der Waals surface area contributed by atoms with Gasteiger partial charge in [-0.2, -0.15) is 0 Å². The van der Waals surface area contributed by atoms with Crippen molar-refractivity contribution in [3.8, 4) is 11.1 Å². The van der Waals surface area contributed by atoms with Gasteiger partial charge in [0, 0.05) is 78.2 Å². The number of cyclic esters (lactones) is 1. The lowest BCUT2D eigenvalue weighted by atomic mass is 9.79. The first-order valence-corrected chi connectivity index (χ1v) is 36.3. The second-order valence-electron chi connectivity index (χ2n) is 30.0. The van der Waals surface area contributed by atoms with Gasteiger partial charge in [0.1, 0.15) is 18.1 Å². The third-order valence-electron chi connectivity index (χ3n) is 20.7. The van der Waals surface area contributed by atoms with Gasteiger partial charge >= 0.3 is 13.1 Å². The van der Waals surface area contributed by atoms with E-state index >= 15 is 28.8 Å². The van der Waals surface area contributed by atoms with Gasteiger partial charge < -0.3 is 49.7 Å². The van der Waals surface area contributed by atoms with Gasteiger partial charge in [0.25, 0.3) is 5.91 Å². The van der Waals surface area contributed by atoms with E-state index in [2.05, 4.69) is 17.4 Å². The van der Waals surface area contributed by atoms with Crippen molar-refractivity contribution < 1.29 is 63.0 Å². The molecule has 0 saturated carbocycles. The van der Waals surface area contributed by atoms with E-state index in [0.29, 0.717) is 36.7 Å². The Balaban J connectivity index is 0.000000997. The summed E-state index contributed by atoms with van der Waals surface area (Å²) >= 11 is 0. The van der Waals surface area contributed by atoms with Crippen molar-refractivity contribution in [2.45, 2.75) is 189 Å². The van der Waals surface area contributed by atoms with Gasteiger partial charge in [0.15, 0.2) is 23.7 Å². The van der Waals surface area contributed by atoms with E-state index in [1.54, 1.807) is 44.9 Å². The number of hydrogen-bond donors (Lipinski definition) is 4. The van der Waals surface area contributed by atoms with Gasteiger partial charge in [0.05, 0.1) is 17.7 Å². The lowest BCUT2D eigenvalue weighted by Gasteiger charge is -2.39. The molecule has 2 aliphatic heterocycles. The number of amides is 6. The highest BCUT2D eigenvalue weighted by Crippen LogP contribution is 2.34. The molecule has 0 aromatic heterocycles. The van der Waals surface area contributed by atoms with Crippen LogP contribution in [0.2, 0.25) is 0 Å². The number of carbonyl (C=O) groups is 9. The van der Waals surface area contributed by atoms with Crippen molar-refractivity contribution >= 4 is 87.1 Å². The second kappa shape index (κ2) is 36.0. The topological polar surface area (TPSA) is 252 Å². The van der Waals surface area contributed by atoms with Gasteiger partial charge in [-0.15, -0.1) is 0 Å². The molecule has 8 rings (SSSR count). The summed E-state index contributed by atoms with van der Waals surface area (Å²) in [5.74, 6) is -9.45. The van der Waals surface area contributed by atoms with Crippen LogP contribution in [-0.4, -0.2) is 182 Å². The number of benzene rings is 6. The molecule has 19 nitrogen and oxygen atoms in total. The summed E-state index contributed by atoms with van der Waals surface area (Å²) in [5.41, 5.74) is 1.83. The fraction of sp³-hybridized carbons (Fsp3) is 0.500. The number of ether oxygens (including phenoxy) is 1. The molecular formula is C82H109BN6O13. The van der Waals surface area contributed by atoms with Crippen molar-refractivity contribution in [2.75, 3.05) is 34.7 Å². The molecule has 2 saturated heterocycles. The Morgan fingerprint density at radius 1 is 0.549 bits per heavy atom. The Kier molecular flexibility index (Phi) is 28.5. The quantitative estimate of drug-likeness (QED) is 0.0552. The Labute approximate surface area is 603 Å². The SMILES string of the molecule is CCC(C)[C@@H]1CC(=O)C2CCCN2C(=O)C(Cc2cccc(-c3ccc4ccccc4c3)c2)N(C)C(=O)[C@H](Cc2ccccc2)NC(=O)[C@H](C(C)C)N(C)C(=O)[C@@H](C(C)CC)OC(=O)[C@H](C(C)(C)O)N(C)C(=O)[C@H](CC(C)C)CC(=O)[C@H](C(C)C)N(C)C1=O.OB(O)c1ccc2ccccc2c1. The zero-order chi connectivity index (χ0) is 75.2. The summed E-state index contributed by atoms with van der Waals surface area (Å²) in [4.78, 5) is 143. The molecule has 4 N–H and O–H groups in total. The highest BCUT2D eigenvalue weighted by atomic mass is 16.6. The molecule has 2 aliphatic rings. The van der Waals surface area contributed by atoms with Gasteiger partial charge in [-0.3, -0.25) is 38.4 Å². The smallest absolute Gasteiger partial charge is 0.450 e. The van der Waals surface area contributed by atoms with Crippen molar-refractivity contribution in [1.82, 2.24) is 29.8 Å². The van der Waals surface area contributed by atoms with Crippen LogP contribution in [0.15, 0.2) is 140 Å². The molecule has 2 heterocycles. The summed E-state index contributed by atoms with van der Waals surface area (Å²) in [5, 5.41) is 36.9. The van der Waals surface area contributed by atoms with E-state index in [1.807, 2.05) is 164 Å². The van der Waals surface area contributed by atoms with Crippen LogP contribution in [0.25, 0.3) is 32.7 Å². The second-order valence-corrected chi connectivity index (χ2v) is 30.0. The molecule has 548 valence electrons. The number of nitrogens with one attached hydrogen (secondary N) is 1. The minimum absolute atomic E-state index is 0.0140. The minimum atomic E-state index is -1.95. The first-order valence-electron chi connectivity index (χ1n) is 36.3. The van der Waals surface area contributed by atoms with Crippen LogP contribution in [0.3, 0.4) is 0 Å². The first-order chi connectivity index (χ1) is 48.2. The van der Waals surface area contributed by atoms with Crippen molar-refractivity contribution in [2.24, 2.45) is 41.4 Å². The highest BCUT2D eigenvalue weighted by molar-refractivity contribution is 6.58. The maximum absolute atomic E-state index is 15.8. The molecular weight excluding hydrogens is 1290 g/mol. The summed E-state index contributed by atoms with van der Waals surface area (Å²) in [6.45, 7) is 21.2.